The standard InChI is InChI=1S/C24H30O5/c1-24(2,3)29-23-22-21(27-22)20(28-23)19(26-15-18-12-8-5-9-13-18)16-25-14-17-10-6-4-7-11-17/h4-13,19-23H,14-16H2,1-3H3/t19-,20+,21-,22-,23-/m1/s1. The monoisotopic (exact) mass is 398 g/mol. The SMILES string of the molecule is CC(C)(C)O[C@H]1O[C@@H]([C@@H](COCc2ccccc2)OCc2ccccc2)[C@H]2O[C@@H]12. The predicted octanol–water partition coefficient (Wildman–Crippen LogP) is 4.10. The number of epoxide rings is 1. The first-order valence-electron chi connectivity index (χ1n) is 10.3. The van der Waals surface area contributed by atoms with Crippen LogP contribution in [0.1, 0.15) is 31.9 Å². The highest BCUT2D eigenvalue weighted by Gasteiger charge is 2.61. The molecule has 0 unspecified atom stereocenters. The zero-order chi connectivity index (χ0) is 20.3. The third kappa shape index (κ3) is 5.65. The van der Waals surface area contributed by atoms with E-state index in [1.807, 2.05) is 57.2 Å². The molecule has 4 rings (SSSR count). The first-order chi connectivity index (χ1) is 14.0. The highest BCUT2D eigenvalue weighted by atomic mass is 16.8. The fourth-order valence-electron chi connectivity index (χ4n) is 3.55. The number of benzene rings is 2. The van der Waals surface area contributed by atoms with E-state index in [4.69, 9.17) is 23.7 Å². The Bertz CT molecular complexity index is 758. The van der Waals surface area contributed by atoms with Crippen molar-refractivity contribution in [2.75, 3.05) is 6.61 Å². The lowest BCUT2D eigenvalue weighted by atomic mass is 10.1. The van der Waals surface area contributed by atoms with Crippen molar-refractivity contribution in [3.8, 4) is 0 Å². The lowest BCUT2D eigenvalue weighted by Crippen LogP contribution is -2.39. The van der Waals surface area contributed by atoms with E-state index in [1.165, 1.54) is 0 Å². The van der Waals surface area contributed by atoms with Gasteiger partial charge in [0.25, 0.3) is 0 Å². The van der Waals surface area contributed by atoms with Gasteiger partial charge in [0.05, 0.1) is 25.4 Å². The van der Waals surface area contributed by atoms with Crippen LogP contribution >= 0.6 is 0 Å². The minimum absolute atomic E-state index is 0.00319. The van der Waals surface area contributed by atoms with E-state index in [9.17, 15) is 0 Å². The molecule has 2 aromatic rings. The smallest absolute Gasteiger partial charge is 0.187 e. The van der Waals surface area contributed by atoms with Crippen molar-refractivity contribution in [2.45, 2.75) is 70.3 Å². The topological polar surface area (TPSA) is 49.5 Å². The molecule has 2 heterocycles. The Balaban J connectivity index is 1.38. The number of hydrogen-bond acceptors (Lipinski definition) is 5. The summed E-state index contributed by atoms with van der Waals surface area (Å²) in [4.78, 5) is 0. The average Bonchev–Trinajstić information content (AvgIpc) is 3.43. The first kappa shape index (κ1) is 20.5. The maximum Gasteiger partial charge on any atom is 0.187 e. The van der Waals surface area contributed by atoms with Crippen molar-refractivity contribution in [3.63, 3.8) is 0 Å². The second-order valence-corrected chi connectivity index (χ2v) is 8.60. The second kappa shape index (κ2) is 8.94. The number of fused-ring (bicyclic) bond motifs is 1. The molecule has 0 bridgehead atoms. The van der Waals surface area contributed by atoms with Crippen molar-refractivity contribution in [1.82, 2.24) is 0 Å². The van der Waals surface area contributed by atoms with Gasteiger partial charge in [-0.25, -0.2) is 0 Å². The van der Waals surface area contributed by atoms with Gasteiger partial charge in [-0.3, -0.25) is 0 Å². The van der Waals surface area contributed by atoms with E-state index >= 15 is 0 Å². The Morgan fingerprint density at radius 1 is 0.828 bits per heavy atom. The molecule has 2 aromatic carbocycles. The summed E-state index contributed by atoms with van der Waals surface area (Å²) in [5.41, 5.74) is 1.96. The summed E-state index contributed by atoms with van der Waals surface area (Å²) in [7, 11) is 0. The van der Waals surface area contributed by atoms with Crippen LogP contribution in [0.15, 0.2) is 60.7 Å². The molecule has 2 fully saturated rings. The van der Waals surface area contributed by atoms with Crippen LogP contribution in [0.3, 0.4) is 0 Å². The van der Waals surface area contributed by atoms with Gasteiger partial charge in [0.1, 0.15) is 24.4 Å². The van der Waals surface area contributed by atoms with Gasteiger partial charge in [0.15, 0.2) is 6.29 Å². The molecule has 5 atom stereocenters. The minimum Gasteiger partial charge on any atom is -0.374 e. The molecule has 0 aromatic heterocycles. The molecule has 2 aliphatic rings. The Kier molecular flexibility index (Phi) is 6.32. The van der Waals surface area contributed by atoms with Crippen LogP contribution in [-0.2, 0) is 36.9 Å². The van der Waals surface area contributed by atoms with E-state index in [1.54, 1.807) is 0 Å². The molecule has 0 radical (unpaired) electrons. The molecule has 2 saturated heterocycles. The van der Waals surface area contributed by atoms with E-state index in [0.29, 0.717) is 19.8 Å². The van der Waals surface area contributed by atoms with Gasteiger partial charge in [-0.05, 0) is 31.9 Å². The third-order valence-electron chi connectivity index (χ3n) is 4.98. The molecular formula is C24H30O5. The molecule has 0 amide bonds. The van der Waals surface area contributed by atoms with Gasteiger partial charge in [-0.2, -0.15) is 0 Å². The van der Waals surface area contributed by atoms with Crippen molar-refractivity contribution in [1.29, 1.82) is 0 Å². The van der Waals surface area contributed by atoms with Crippen LogP contribution < -0.4 is 0 Å². The summed E-state index contributed by atoms with van der Waals surface area (Å²) in [5.74, 6) is 0. The summed E-state index contributed by atoms with van der Waals surface area (Å²) >= 11 is 0. The third-order valence-corrected chi connectivity index (χ3v) is 4.98. The molecule has 29 heavy (non-hydrogen) atoms. The molecule has 5 nitrogen and oxygen atoms in total. The van der Waals surface area contributed by atoms with Crippen LogP contribution in [0.5, 0.6) is 0 Å². The van der Waals surface area contributed by atoms with Gasteiger partial charge in [0.2, 0.25) is 0 Å². The maximum absolute atomic E-state index is 6.24. The van der Waals surface area contributed by atoms with Gasteiger partial charge >= 0.3 is 0 Å². The van der Waals surface area contributed by atoms with Crippen molar-refractivity contribution >= 4 is 0 Å². The summed E-state index contributed by atoms with van der Waals surface area (Å²) in [5, 5.41) is 0. The average molecular weight is 398 g/mol. The Morgan fingerprint density at radius 2 is 1.45 bits per heavy atom. The lowest BCUT2D eigenvalue weighted by molar-refractivity contribution is -0.237. The van der Waals surface area contributed by atoms with E-state index < -0.39 is 0 Å². The summed E-state index contributed by atoms with van der Waals surface area (Å²) < 4.78 is 30.3. The first-order valence-corrected chi connectivity index (χ1v) is 10.3. The van der Waals surface area contributed by atoms with Gasteiger partial charge < -0.3 is 23.7 Å². The Hall–Kier alpha value is -1.76. The molecule has 0 spiro atoms. The fourth-order valence-corrected chi connectivity index (χ4v) is 3.55. The Labute approximate surface area is 172 Å². The summed E-state index contributed by atoms with van der Waals surface area (Å²) in [6, 6.07) is 20.3. The molecule has 0 aliphatic carbocycles. The minimum atomic E-state index is -0.359. The van der Waals surface area contributed by atoms with Crippen LogP contribution in [-0.4, -0.2) is 42.9 Å². The molecular weight excluding hydrogens is 368 g/mol. The fraction of sp³-hybridized carbons (Fsp3) is 0.500. The predicted molar refractivity (Wildman–Crippen MR) is 109 cm³/mol. The zero-order valence-corrected chi connectivity index (χ0v) is 17.3. The van der Waals surface area contributed by atoms with E-state index in [0.717, 1.165) is 11.1 Å². The molecule has 0 saturated carbocycles. The molecule has 2 aliphatic heterocycles. The molecule has 156 valence electrons. The van der Waals surface area contributed by atoms with Crippen LogP contribution in [0.25, 0.3) is 0 Å². The van der Waals surface area contributed by atoms with Crippen LogP contribution in [0.4, 0.5) is 0 Å². The molecule has 0 N–H and O–H groups in total. The number of hydrogen-bond donors (Lipinski definition) is 0. The largest absolute Gasteiger partial charge is 0.374 e. The van der Waals surface area contributed by atoms with Crippen LogP contribution in [0.2, 0.25) is 0 Å². The van der Waals surface area contributed by atoms with Crippen molar-refractivity contribution in [2.24, 2.45) is 0 Å². The highest BCUT2D eigenvalue weighted by molar-refractivity contribution is 5.14. The normalized spacial score (nSPS) is 26.9. The van der Waals surface area contributed by atoms with E-state index in [2.05, 4.69) is 24.3 Å². The summed E-state index contributed by atoms with van der Waals surface area (Å²) in [6.45, 7) is 7.54. The molecule has 5 heteroatoms. The van der Waals surface area contributed by atoms with Gasteiger partial charge in [-0.1, -0.05) is 60.7 Å². The second-order valence-electron chi connectivity index (χ2n) is 8.60. The van der Waals surface area contributed by atoms with Crippen molar-refractivity contribution < 1.29 is 23.7 Å². The van der Waals surface area contributed by atoms with E-state index in [-0.39, 0.29) is 36.3 Å². The van der Waals surface area contributed by atoms with Gasteiger partial charge in [0, 0.05) is 0 Å². The number of ether oxygens (including phenoxy) is 5. The lowest BCUT2D eigenvalue weighted by Gasteiger charge is -2.29. The van der Waals surface area contributed by atoms with Crippen molar-refractivity contribution in [3.05, 3.63) is 71.8 Å². The maximum atomic E-state index is 6.24. The highest BCUT2D eigenvalue weighted by Crippen LogP contribution is 2.43. The Morgan fingerprint density at radius 3 is 2.07 bits per heavy atom. The van der Waals surface area contributed by atoms with Crippen LogP contribution in [0, 0.1) is 0 Å². The zero-order valence-electron chi connectivity index (χ0n) is 17.3. The van der Waals surface area contributed by atoms with Gasteiger partial charge in [-0.15, -0.1) is 0 Å². The quantitative estimate of drug-likeness (QED) is 0.596. The summed E-state index contributed by atoms with van der Waals surface area (Å²) in [6.07, 6.45) is -0.809. The number of rotatable bonds is 9.